The molecule has 2 heterocycles. The Balaban J connectivity index is 1.36. The van der Waals surface area contributed by atoms with Crippen LogP contribution in [-0.4, -0.2) is 33.3 Å². The van der Waals surface area contributed by atoms with E-state index in [0.717, 1.165) is 24.9 Å². The molecule has 0 radical (unpaired) electrons. The Morgan fingerprint density at radius 2 is 2.09 bits per heavy atom. The Hall–Kier alpha value is -2.14. The topological polar surface area (TPSA) is 47.1 Å². The largest absolute Gasteiger partial charge is 0.424 e. The summed E-state index contributed by atoms with van der Waals surface area (Å²) >= 11 is 0. The Morgan fingerprint density at radius 3 is 2.95 bits per heavy atom. The summed E-state index contributed by atoms with van der Waals surface area (Å²) in [6, 6.07) is 10.6. The molecule has 1 aromatic carbocycles. The molecule has 0 bridgehead atoms. The molecule has 0 saturated heterocycles. The monoisotopic (exact) mass is 296 g/mol. The van der Waals surface area contributed by atoms with Crippen LogP contribution in [0.3, 0.4) is 0 Å². The highest BCUT2D eigenvalue weighted by atomic mass is 16.4. The van der Waals surface area contributed by atoms with Gasteiger partial charge >= 0.3 is 0 Å². The molecule has 3 aromatic rings. The van der Waals surface area contributed by atoms with Crippen LogP contribution in [-0.2, 0) is 13.1 Å². The number of rotatable bonds is 6. The van der Waals surface area contributed by atoms with Crippen LogP contribution < -0.4 is 0 Å². The normalized spacial score (nSPS) is 15.0. The molecule has 22 heavy (non-hydrogen) atoms. The average Bonchev–Trinajstić information content (AvgIpc) is 3.14. The molecule has 0 spiro atoms. The number of benzene rings is 1. The highest BCUT2D eigenvalue weighted by Crippen LogP contribution is 2.39. The molecular weight excluding hydrogens is 276 g/mol. The number of aromatic nitrogens is 3. The van der Waals surface area contributed by atoms with Gasteiger partial charge in [0.05, 0.1) is 6.54 Å². The standard InChI is InChI=1S/C17H20N4O/c1-20(12-16-18-19-17(22-16)14-6-7-14)10-11-21-9-8-13-4-2-3-5-15(13)21/h2-5,8-9,14H,6-7,10-12H2,1H3. The van der Waals surface area contributed by atoms with E-state index in [-0.39, 0.29) is 0 Å². The molecule has 4 rings (SSSR count). The fourth-order valence-electron chi connectivity index (χ4n) is 2.75. The van der Waals surface area contributed by atoms with E-state index in [0.29, 0.717) is 12.5 Å². The van der Waals surface area contributed by atoms with E-state index in [4.69, 9.17) is 4.42 Å². The van der Waals surface area contributed by atoms with Crippen LogP contribution in [0.2, 0.25) is 0 Å². The molecule has 0 amide bonds. The van der Waals surface area contributed by atoms with E-state index >= 15 is 0 Å². The van der Waals surface area contributed by atoms with Gasteiger partial charge in [-0.15, -0.1) is 10.2 Å². The second-order valence-corrected chi connectivity index (χ2v) is 6.11. The zero-order chi connectivity index (χ0) is 14.9. The highest BCUT2D eigenvalue weighted by molar-refractivity contribution is 5.79. The van der Waals surface area contributed by atoms with Crippen LogP contribution in [0.4, 0.5) is 0 Å². The predicted molar refractivity (Wildman–Crippen MR) is 84.5 cm³/mol. The van der Waals surface area contributed by atoms with Gasteiger partial charge in [0.2, 0.25) is 11.8 Å². The van der Waals surface area contributed by atoms with E-state index in [1.165, 1.54) is 23.7 Å². The third kappa shape index (κ3) is 2.76. The summed E-state index contributed by atoms with van der Waals surface area (Å²) in [6.07, 6.45) is 4.53. The number of likely N-dealkylation sites (N-methyl/N-ethyl adjacent to an activating group) is 1. The van der Waals surface area contributed by atoms with Crippen LogP contribution >= 0.6 is 0 Å². The van der Waals surface area contributed by atoms with Crippen molar-refractivity contribution >= 4 is 10.9 Å². The lowest BCUT2D eigenvalue weighted by molar-refractivity contribution is 0.275. The van der Waals surface area contributed by atoms with Crippen LogP contribution in [0.1, 0.15) is 30.5 Å². The second kappa shape index (κ2) is 5.57. The van der Waals surface area contributed by atoms with Crippen molar-refractivity contribution in [1.29, 1.82) is 0 Å². The fourth-order valence-corrected chi connectivity index (χ4v) is 2.75. The van der Waals surface area contributed by atoms with Crippen molar-refractivity contribution in [2.45, 2.75) is 31.8 Å². The van der Waals surface area contributed by atoms with E-state index < -0.39 is 0 Å². The van der Waals surface area contributed by atoms with Crippen molar-refractivity contribution in [3.8, 4) is 0 Å². The summed E-state index contributed by atoms with van der Waals surface area (Å²) in [5.41, 5.74) is 1.28. The average molecular weight is 296 g/mol. The minimum atomic E-state index is 0.526. The maximum Gasteiger partial charge on any atom is 0.230 e. The zero-order valence-electron chi connectivity index (χ0n) is 12.8. The van der Waals surface area contributed by atoms with Gasteiger partial charge in [-0.25, -0.2) is 0 Å². The van der Waals surface area contributed by atoms with Crippen molar-refractivity contribution < 1.29 is 4.42 Å². The Bertz CT molecular complexity index is 772. The summed E-state index contributed by atoms with van der Waals surface area (Å²) in [5, 5.41) is 9.57. The first-order valence-electron chi connectivity index (χ1n) is 7.84. The number of fused-ring (bicyclic) bond motifs is 1. The Kier molecular flexibility index (Phi) is 3.42. The first-order valence-corrected chi connectivity index (χ1v) is 7.84. The van der Waals surface area contributed by atoms with Crippen LogP contribution in [0.15, 0.2) is 40.9 Å². The summed E-state index contributed by atoms with van der Waals surface area (Å²) < 4.78 is 8.00. The molecule has 114 valence electrons. The van der Waals surface area contributed by atoms with E-state index in [1.807, 2.05) is 0 Å². The van der Waals surface area contributed by atoms with Gasteiger partial charge in [0.1, 0.15) is 0 Å². The number of nitrogens with zero attached hydrogens (tertiary/aromatic N) is 4. The number of hydrogen-bond acceptors (Lipinski definition) is 4. The third-order valence-electron chi connectivity index (χ3n) is 4.22. The summed E-state index contributed by atoms with van der Waals surface area (Å²) in [7, 11) is 2.09. The zero-order valence-corrected chi connectivity index (χ0v) is 12.8. The van der Waals surface area contributed by atoms with Gasteiger partial charge < -0.3 is 8.98 Å². The molecule has 5 nitrogen and oxygen atoms in total. The van der Waals surface area contributed by atoms with Gasteiger partial charge in [-0.3, -0.25) is 4.90 Å². The molecule has 1 aliphatic rings. The molecule has 2 aromatic heterocycles. The van der Waals surface area contributed by atoms with Gasteiger partial charge in [0.25, 0.3) is 0 Å². The van der Waals surface area contributed by atoms with Crippen molar-refractivity contribution in [2.24, 2.45) is 0 Å². The van der Waals surface area contributed by atoms with Crippen LogP contribution in [0.25, 0.3) is 10.9 Å². The fraction of sp³-hybridized carbons (Fsp3) is 0.412. The van der Waals surface area contributed by atoms with Crippen molar-refractivity contribution in [3.05, 3.63) is 48.3 Å². The molecule has 0 atom stereocenters. The van der Waals surface area contributed by atoms with Gasteiger partial charge in [0.15, 0.2) is 0 Å². The minimum absolute atomic E-state index is 0.526. The lowest BCUT2D eigenvalue weighted by Gasteiger charge is -2.15. The van der Waals surface area contributed by atoms with E-state index in [2.05, 4.69) is 63.2 Å². The minimum Gasteiger partial charge on any atom is -0.424 e. The lowest BCUT2D eigenvalue weighted by Crippen LogP contribution is -2.22. The summed E-state index contributed by atoms with van der Waals surface area (Å²) in [6.45, 7) is 2.60. The van der Waals surface area contributed by atoms with E-state index in [1.54, 1.807) is 0 Å². The molecule has 0 aliphatic heterocycles. The molecule has 5 heteroatoms. The predicted octanol–water partition coefficient (Wildman–Crippen LogP) is 3.03. The smallest absolute Gasteiger partial charge is 0.230 e. The maximum absolute atomic E-state index is 5.71. The molecular formula is C17H20N4O. The molecule has 1 saturated carbocycles. The van der Waals surface area contributed by atoms with Gasteiger partial charge in [0, 0.05) is 30.7 Å². The molecule has 1 fully saturated rings. The van der Waals surface area contributed by atoms with Gasteiger partial charge in [-0.1, -0.05) is 18.2 Å². The number of para-hydroxylation sites is 1. The van der Waals surface area contributed by atoms with Gasteiger partial charge in [-0.2, -0.15) is 0 Å². The molecule has 0 unspecified atom stereocenters. The van der Waals surface area contributed by atoms with Crippen molar-refractivity contribution in [3.63, 3.8) is 0 Å². The first-order chi connectivity index (χ1) is 10.8. The van der Waals surface area contributed by atoms with Crippen LogP contribution in [0.5, 0.6) is 0 Å². The SMILES string of the molecule is CN(CCn1ccc2ccccc21)Cc1nnc(C2CC2)o1. The first kappa shape index (κ1) is 13.5. The summed E-state index contributed by atoms with van der Waals surface area (Å²) in [5.74, 6) is 2.07. The number of hydrogen-bond donors (Lipinski definition) is 0. The third-order valence-corrected chi connectivity index (χ3v) is 4.22. The van der Waals surface area contributed by atoms with Gasteiger partial charge in [-0.05, 0) is 37.4 Å². The second-order valence-electron chi connectivity index (χ2n) is 6.11. The van der Waals surface area contributed by atoms with Crippen molar-refractivity contribution in [1.82, 2.24) is 19.7 Å². The lowest BCUT2D eigenvalue weighted by atomic mass is 10.2. The van der Waals surface area contributed by atoms with Crippen molar-refractivity contribution in [2.75, 3.05) is 13.6 Å². The van der Waals surface area contributed by atoms with Crippen LogP contribution in [0, 0.1) is 0 Å². The quantitative estimate of drug-likeness (QED) is 0.701. The summed E-state index contributed by atoms with van der Waals surface area (Å²) in [4.78, 5) is 2.22. The van der Waals surface area contributed by atoms with E-state index in [9.17, 15) is 0 Å². The maximum atomic E-state index is 5.71. The Labute approximate surface area is 129 Å². The Morgan fingerprint density at radius 1 is 1.23 bits per heavy atom. The molecule has 1 aliphatic carbocycles. The molecule has 0 N–H and O–H groups in total. The highest BCUT2D eigenvalue weighted by Gasteiger charge is 2.29.